The van der Waals surface area contributed by atoms with E-state index in [2.05, 4.69) is 4.74 Å². The number of esters is 1. The van der Waals surface area contributed by atoms with Crippen LogP contribution in [0.25, 0.3) is 0 Å². The molecule has 2 unspecified atom stereocenters. The van der Waals surface area contributed by atoms with Gasteiger partial charge in [-0.15, -0.1) is 0 Å². The highest BCUT2D eigenvalue weighted by Gasteiger charge is 2.66. The molecule has 0 amide bonds. The van der Waals surface area contributed by atoms with Gasteiger partial charge >= 0.3 is 5.97 Å². The molecule has 0 aliphatic carbocycles. The van der Waals surface area contributed by atoms with Crippen LogP contribution in [-0.4, -0.2) is 30.8 Å². The summed E-state index contributed by atoms with van der Waals surface area (Å²) in [5.41, 5.74) is 0.789. The molecule has 108 valence electrons. The van der Waals surface area contributed by atoms with Crippen molar-refractivity contribution in [3.05, 3.63) is 71.8 Å². The van der Waals surface area contributed by atoms with E-state index in [9.17, 15) is 9.18 Å². The van der Waals surface area contributed by atoms with Gasteiger partial charge in [0.2, 0.25) is 0 Å². The molecule has 0 bridgehead atoms. The number of alkyl halides is 1. The van der Waals surface area contributed by atoms with E-state index >= 15 is 0 Å². The average molecular weight is 285 g/mol. The molecule has 2 aromatic rings. The summed E-state index contributed by atoms with van der Waals surface area (Å²) in [4.78, 5) is 13.0. The van der Waals surface area contributed by atoms with Crippen molar-refractivity contribution < 1.29 is 13.9 Å². The summed E-state index contributed by atoms with van der Waals surface area (Å²) in [6.45, 7) is -0.0680. The number of hydrogen-bond donors (Lipinski definition) is 0. The minimum Gasteiger partial charge on any atom is -0.468 e. The Bertz CT molecular complexity index is 590. The minimum atomic E-state index is -1.23. The van der Waals surface area contributed by atoms with E-state index in [-0.39, 0.29) is 6.54 Å². The zero-order valence-corrected chi connectivity index (χ0v) is 11.7. The molecule has 0 saturated carbocycles. The first kappa shape index (κ1) is 13.8. The molecule has 1 heterocycles. The van der Waals surface area contributed by atoms with Gasteiger partial charge in [0.25, 0.3) is 0 Å². The van der Waals surface area contributed by atoms with Gasteiger partial charge in [-0.1, -0.05) is 60.7 Å². The molecule has 1 saturated heterocycles. The third-order valence-electron chi connectivity index (χ3n) is 3.96. The number of halogens is 1. The fourth-order valence-electron chi connectivity index (χ4n) is 2.87. The number of carbonyl (C=O) groups is 1. The molecule has 0 aromatic heterocycles. The van der Waals surface area contributed by atoms with Crippen molar-refractivity contribution in [3.8, 4) is 0 Å². The quantitative estimate of drug-likeness (QED) is 0.491. The van der Waals surface area contributed by atoms with Crippen LogP contribution in [0.4, 0.5) is 4.39 Å². The van der Waals surface area contributed by atoms with E-state index in [1.54, 1.807) is 0 Å². The molecular formula is C17H16FNO2. The number of nitrogens with zero attached hydrogens (tertiary/aromatic N) is 1. The highest BCUT2D eigenvalue weighted by molar-refractivity contribution is 5.73. The van der Waals surface area contributed by atoms with Crippen LogP contribution in [0.3, 0.4) is 0 Å². The fraction of sp³-hybridized carbons (Fsp3) is 0.235. The first-order valence-electron chi connectivity index (χ1n) is 6.80. The van der Waals surface area contributed by atoms with Crippen LogP contribution >= 0.6 is 0 Å². The maximum Gasteiger partial charge on any atom is 0.319 e. The Morgan fingerprint density at radius 2 is 1.57 bits per heavy atom. The summed E-state index contributed by atoms with van der Waals surface area (Å²) in [6, 6.07) is 18.8. The van der Waals surface area contributed by atoms with Crippen molar-refractivity contribution in [3.63, 3.8) is 0 Å². The molecule has 21 heavy (non-hydrogen) atoms. The number of methoxy groups -OCH3 is 1. The highest BCUT2D eigenvalue weighted by atomic mass is 19.1. The number of hydrogen-bond acceptors (Lipinski definition) is 3. The molecule has 3 nitrogen and oxygen atoms in total. The average Bonchev–Trinajstić information content (AvgIpc) is 3.13. The predicted molar refractivity (Wildman–Crippen MR) is 77.3 cm³/mol. The van der Waals surface area contributed by atoms with Gasteiger partial charge in [-0.25, -0.2) is 9.29 Å². The van der Waals surface area contributed by atoms with Crippen molar-refractivity contribution in [2.75, 3.05) is 13.7 Å². The SMILES string of the molecule is COC(=O)CN1C(F)C1(c1ccccc1)c1ccccc1. The second kappa shape index (κ2) is 5.30. The normalized spacial score (nSPS) is 22.6. The molecule has 2 atom stereocenters. The number of ether oxygens (including phenoxy) is 1. The van der Waals surface area contributed by atoms with E-state index in [4.69, 9.17) is 0 Å². The molecule has 0 spiro atoms. The van der Waals surface area contributed by atoms with E-state index < -0.39 is 17.8 Å². The molecule has 0 N–H and O–H groups in total. The van der Waals surface area contributed by atoms with Crippen molar-refractivity contribution in [2.45, 2.75) is 11.8 Å². The third kappa shape index (κ3) is 2.12. The zero-order valence-electron chi connectivity index (χ0n) is 11.7. The summed E-state index contributed by atoms with van der Waals surface area (Å²) >= 11 is 0. The molecule has 1 aliphatic rings. The second-order valence-electron chi connectivity index (χ2n) is 5.04. The van der Waals surface area contributed by atoms with Crippen LogP contribution in [0, 0.1) is 0 Å². The lowest BCUT2D eigenvalue weighted by atomic mass is 9.90. The van der Waals surface area contributed by atoms with Crippen LogP contribution in [0.1, 0.15) is 11.1 Å². The first-order valence-corrected chi connectivity index (χ1v) is 6.80. The van der Waals surface area contributed by atoms with E-state index in [0.29, 0.717) is 0 Å². The number of benzene rings is 2. The van der Waals surface area contributed by atoms with Crippen LogP contribution in [0.2, 0.25) is 0 Å². The molecular weight excluding hydrogens is 269 g/mol. The summed E-state index contributed by atoms with van der Waals surface area (Å²) in [7, 11) is 1.31. The zero-order chi connectivity index (χ0) is 14.9. The van der Waals surface area contributed by atoms with Crippen molar-refractivity contribution in [2.24, 2.45) is 0 Å². The fourth-order valence-corrected chi connectivity index (χ4v) is 2.87. The first-order chi connectivity index (χ1) is 10.2. The molecule has 1 aliphatic heterocycles. The lowest BCUT2D eigenvalue weighted by molar-refractivity contribution is -0.141. The topological polar surface area (TPSA) is 29.3 Å². The molecule has 2 aromatic carbocycles. The maximum atomic E-state index is 14.7. The Morgan fingerprint density at radius 1 is 1.10 bits per heavy atom. The van der Waals surface area contributed by atoms with Crippen LogP contribution < -0.4 is 0 Å². The Morgan fingerprint density at radius 3 is 2.00 bits per heavy atom. The summed E-state index contributed by atoms with van der Waals surface area (Å²) < 4.78 is 19.3. The number of carbonyl (C=O) groups excluding carboxylic acids is 1. The van der Waals surface area contributed by atoms with Crippen molar-refractivity contribution in [1.29, 1.82) is 0 Å². The second-order valence-corrected chi connectivity index (χ2v) is 5.04. The molecule has 0 radical (unpaired) electrons. The summed E-state index contributed by atoms with van der Waals surface area (Å²) in [5.74, 6) is -0.439. The van der Waals surface area contributed by atoms with E-state index in [1.165, 1.54) is 12.0 Å². The Kier molecular flexibility index (Phi) is 3.47. The molecule has 3 rings (SSSR count). The monoisotopic (exact) mass is 285 g/mol. The summed E-state index contributed by atoms with van der Waals surface area (Å²) in [6.07, 6.45) is -1.23. The predicted octanol–water partition coefficient (Wildman–Crippen LogP) is 2.71. The van der Waals surface area contributed by atoms with Crippen LogP contribution in [0.5, 0.6) is 0 Å². The smallest absolute Gasteiger partial charge is 0.319 e. The van der Waals surface area contributed by atoms with Gasteiger partial charge in [0.05, 0.1) is 7.11 Å². The Balaban J connectivity index is 2.04. The van der Waals surface area contributed by atoms with Gasteiger partial charge in [0.15, 0.2) is 6.30 Å². The van der Waals surface area contributed by atoms with Crippen LogP contribution in [-0.2, 0) is 15.1 Å². The van der Waals surface area contributed by atoms with Crippen LogP contribution in [0.15, 0.2) is 60.7 Å². The summed E-state index contributed by atoms with van der Waals surface area (Å²) in [5, 5.41) is 0. The van der Waals surface area contributed by atoms with Gasteiger partial charge in [-0.05, 0) is 11.1 Å². The Hall–Kier alpha value is -2.20. The highest BCUT2D eigenvalue weighted by Crippen LogP contribution is 2.55. The third-order valence-corrected chi connectivity index (χ3v) is 3.96. The maximum absolute atomic E-state index is 14.7. The van der Waals surface area contributed by atoms with Gasteiger partial charge in [-0.2, -0.15) is 0 Å². The van der Waals surface area contributed by atoms with Gasteiger partial charge in [0.1, 0.15) is 12.1 Å². The molecule has 4 heteroatoms. The minimum absolute atomic E-state index is 0.0680. The lowest BCUT2D eigenvalue weighted by Crippen LogP contribution is -2.23. The van der Waals surface area contributed by atoms with Crippen molar-refractivity contribution >= 4 is 5.97 Å². The largest absolute Gasteiger partial charge is 0.468 e. The van der Waals surface area contributed by atoms with E-state index in [0.717, 1.165) is 11.1 Å². The molecule has 1 fully saturated rings. The van der Waals surface area contributed by atoms with Gasteiger partial charge < -0.3 is 4.74 Å². The van der Waals surface area contributed by atoms with Gasteiger partial charge in [0, 0.05) is 0 Å². The number of rotatable bonds is 4. The standard InChI is InChI=1S/C17H16FNO2/c1-21-15(20)12-19-16(18)17(19,13-8-4-2-5-9-13)14-10-6-3-7-11-14/h2-11,16H,12H2,1H3. The lowest BCUT2D eigenvalue weighted by Gasteiger charge is -2.17. The Labute approximate surface area is 123 Å². The van der Waals surface area contributed by atoms with E-state index in [1.807, 2.05) is 60.7 Å². The van der Waals surface area contributed by atoms with Crippen molar-refractivity contribution in [1.82, 2.24) is 4.90 Å². The van der Waals surface area contributed by atoms with Gasteiger partial charge in [-0.3, -0.25) is 4.79 Å².